The first-order valence-corrected chi connectivity index (χ1v) is 8.74. The average Bonchev–Trinajstić information content (AvgIpc) is 2.97. The molecule has 0 saturated heterocycles. The highest BCUT2D eigenvalue weighted by molar-refractivity contribution is 7.92. The maximum Gasteiger partial charge on any atom is 0.261 e. The Morgan fingerprint density at radius 3 is 2.43 bits per heavy atom. The number of hydrogen-bond acceptors (Lipinski definition) is 3. The average molecular weight is 348 g/mol. The van der Waals surface area contributed by atoms with E-state index in [0.717, 1.165) is 5.56 Å². The largest absolute Gasteiger partial charge is 0.276 e. The fraction of sp³-hybridized carbons (Fsp3) is 0.0625. The van der Waals surface area contributed by atoms with E-state index >= 15 is 0 Å². The zero-order valence-electron chi connectivity index (χ0n) is 12.1. The first kappa shape index (κ1) is 15.6. The maximum atomic E-state index is 12.2. The quantitative estimate of drug-likeness (QED) is 0.769. The zero-order valence-corrected chi connectivity index (χ0v) is 13.6. The Hall–Kier alpha value is -2.31. The summed E-state index contributed by atoms with van der Waals surface area (Å²) >= 11 is 5.85. The zero-order chi connectivity index (χ0) is 16.3. The van der Waals surface area contributed by atoms with Crippen molar-refractivity contribution >= 4 is 27.3 Å². The van der Waals surface area contributed by atoms with Crippen LogP contribution < -0.4 is 4.72 Å². The predicted molar refractivity (Wildman–Crippen MR) is 90.0 cm³/mol. The summed E-state index contributed by atoms with van der Waals surface area (Å²) in [6.07, 6.45) is 3.13. The monoisotopic (exact) mass is 347 g/mol. The summed E-state index contributed by atoms with van der Waals surface area (Å²) in [6.45, 7) is 0.532. The van der Waals surface area contributed by atoms with Crippen molar-refractivity contribution in [3.63, 3.8) is 0 Å². The molecule has 0 atom stereocenters. The van der Waals surface area contributed by atoms with Gasteiger partial charge >= 0.3 is 0 Å². The highest BCUT2D eigenvalue weighted by atomic mass is 35.5. The van der Waals surface area contributed by atoms with Crippen molar-refractivity contribution in [1.29, 1.82) is 0 Å². The number of nitrogens with one attached hydrogen (secondary N) is 1. The van der Waals surface area contributed by atoms with Gasteiger partial charge < -0.3 is 0 Å². The molecule has 0 amide bonds. The smallest absolute Gasteiger partial charge is 0.261 e. The van der Waals surface area contributed by atoms with Gasteiger partial charge in [-0.1, -0.05) is 41.9 Å². The lowest BCUT2D eigenvalue weighted by Crippen LogP contribution is -2.12. The Kier molecular flexibility index (Phi) is 4.36. The molecule has 1 aromatic heterocycles. The maximum absolute atomic E-state index is 12.2. The minimum Gasteiger partial charge on any atom is -0.276 e. The van der Waals surface area contributed by atoms with Crippen LogP contribution in [0.3, 0.4) is 0 Å². The van der Waals surface area contributed by atoms with E-state index in [2.05, 4.69) is 9.82 Å². The van der Waals surface area contributed by atoms with E-state index in [1.165, 1.54) is 6.20 Å². The SMILES string of the molecule is O=S(=O)(Nc1cnn(Cc2ccc(Cl)cc2)c1)c1ccccc1. The Morgan fingerprint density at radius 2 is 1.74 bits per heavy atom. The first-order chi connectivity index (χ1) is 11.0. The Morgan fingerprint density at radius 1 is 1.04 bits per heavy atom. The summed E-state index contributed by atoms with van der Waals surface area (Å²) in [5, 5.41) is 4.84. The van der Waals surface area contributed by atoms with Crippen LogP contribution in [-0.4, -0.2) is 18.2 Å². The molecule has 0 fully saturated rings. The fourth-order valence-corrected chi connectivity index (χ4v) is 3.27. The van der Waals surface area contributed by atoms with Gasteiger partial charge in [-0.25, -0.2) is 8.42 Å². The molecule has 3 aromatic rings. The van der Waals surface area contributed by atoms with Crippen LogP contribution in [0.15, 0.2) is 71.9 Å². The van der Waals surface area contributed by atoms with Crippen LogP contribution in [0, 0.1) is 0 Å². The topological polar surface area (TPSA) is 64.0 Å². The molecule has 0 aliphatic heterocycles. The van der Waals surface area contributed by atoms with Gasteiger partial charge in [0, 0.05) is 11.2 Å². The molecule has 3 rings (SSSR count). The summed E-state index contributed by atoms with van der Waals surface area (Å²) < 4.78 is 28.7. The lowest BCUT2D eigenvalue weighted by atomic mass is 10.2. The second-order valence-corrected chi connectivity index (χ2v) is 7.09. The van der Waals surface area contributed by atoms with Gasteiger partial charge in [-0.3, -0.25) is 9.40 Å². The molecular formula is C16H14ClN3O2S. The number of anilines is 1. The van der Waals surface area contributed by atoms with Gasteiger partial charge in [0.05, 0.1) is 23.3 Å². The molecule has 118 valence electrons. The van der Waals surface area contributed by atoms with E-state index in [1.807, 2.05) is 12.1 Å². The third kappa shape index (κ3) is 3.91. The minimum absolute atomic E-state index is 0.213. The fourth-order valence-electron chi connectivity index (χ4n) is 2.09. The number of nitrogens with zero attached hydrogens (tertiary/aromatic N) is 2. The molecule has 1 heterocycles. The number of halogens is 1. The Labute approximate surface area is 139 Å². The third-order valence-corrected chi connectivity index (χ3v) is 4.85. The lowest BCUT2D eigenvalue weighted by Gasteiger charge is -2.05. The Balaban J connectivity index is 1.73. The van der Waals surface area contributed by atoms with Crippen LogP contribution in [0.2, 0.25) is 5.02 Å². The molecule has 0 saturated carbocycles. The summed E-state index contributed by atoms with van der Waals surface area (Å²) in [7, 11) is -3.60. The highest BCUT2D eigenvalue weighted by Gasteiger charge is 2.14. The van der Waals surface area contributed by atoms with Gasteiger partial charge in [0.25, 0.3) is 10.0 Å². The molecule has 23 heavy (non-hydrogen) atoms. The second-order valence-electron chi connectivity index (χ2n) is 4.97. The number of aromatic nitrogens is 2. The van der Waals surface area contributed by atoms with Gasteiger partial charge in [0.15, 0.2) is 0 Å². The van der Waals surface area contributed by atoms with Crippen LogP contribution in [0.4, 0.5) is 5.69 Å². The number of benzene rings is 2. The summed E-state index contributed by atoms with van der Waals surface area (Å²) in [6, 6.07) is 15.6. The van der Waals surface area contributed by atoms with E-state index < -0.39 is 10.0 Å². The molecular weight excluding hydrogens is 334 g/mol. The third-order valence-electron chi connectivity index (χ3n) is 3.20. The number of hydrogen-bond donors (Lipinski definition) is 1. The minimum atomic E-state index is -3.60. The summed E-state index contributed by atoms with van der Waals surface area (Å²) in [4.78, 5) is 0.213. The second kappa shape index (κ2) is 6.44. The number of rotatable bonds is 5. The van der Waals surface area contributed by atoms with Gasteiger partial charge in [-0.2, -0.15) is 5.10 Å². The van der Waals surface area contributed by atoms with Crippen molar-refractivity contribution in [1.82, 2.24) is 9.78 Å². The summed E-state index contributed by atoms with van der Waals surface area (Å²) in [5.74, 6) is 0. The van der Waals surface area contributed by atoms with E-state index in [4.69, 9.17) is 11.6 Å². The molecule has 2 aromatic carbocycles. The van der Waals surface area contributed by atoms with Crippen LogP contribution >= 0.6 is 11.6 Å². The predicted octanol–water partition coefficient (Wildman–Crippen LogP) is 3.39. The molecule has 0 bridgehead atoms. The van der Waals surface area contributed by atoms with Gasteiger partial charge in [-0.15, -0.1) is 0 Å². The van der Waals surface area contributed by atoms with Gasteiger partial charge in [0.1, 0.15) is 0 Å². The summed E-state index contributed by atoms with van der Waals surface area (Å²) in [5.41, 5.74) is 1.44. The normalized spacial score (nSPS) is 11.3. The lowest BCUT2D eigenvalue weighted by molar-refractivity contribution is 0.601. The van der Waals surface area contributed by atoms with Crippen molar-refractivity contribution in [3.05, 3.63) is 77.6 Å². The van der Waals surface area contributed by atoms with E-state index in [9.17, 15) is 8.42 Å². The highest BCUT2D eigenvalue weighted by Crippen LogP contribution is 2.16. The van der Waals surface area contributed by atoms with Crippen molar-refractivity contribution in [2.75, 3.05) is 4.72 Å². The van der Waals surface area contributed by atoms with Crippen LogP contribution in [0.5, 0.6) is 0 Å². The molecule has 0 spiro atoms. The molecule has 7 heteroatoms. The standard InChI is InChI=1S/C16H14ClN3O2S/c17-14-8-6-13(7-9-14)11-20-12-15(10-18-20)19-23(21,22)16-4-2-1-3-5-16/h1-10,12,19H,11H2. The van der Waals surface area contributed by atoms with Crippen molar-refractivity contribution in [2.24, 2.45) is 0 Å². The molecule has 1 N–H and O–H groups in total. The van der Waals surface area contributed by atoms with Crippen LogP contribution in [0.25, 0.3) is 0 Å². The molecule has 0 radical (unpaired) electrons. The van der Waals surface area contributed by atoms with Gasteiger partial charge in [-0.05, 0) is 29.8 Å². The molecule has 0 aliphatic carbocycles. The number of sulfonamides is 1. The molecule has 0 aliphatic rings. The van der Waals surface area contributed by atoms with Crippen molar-refractivity contribution in [2.45, 2.75) is 11.4 Å². The Bertz CT molecular complexity index is 891. The van der Waals surface area contributed by atoms with E-state index in [1.54, 1.807) is 53.3 Å². The van der Waals surface area contributed by atoms with Crippen LogP contribution in [0.1, 0.15) is 5.56 Å². The van der Waals surface area contributed by atoms with Crippen molar-refractivity contribution in [3.8, 4) is 0 Å². The van der Waals surface area contributed by atoms with Gasteiger partial charge in [0.2, 0.25) is 0 Å². The first-order valence-electron chi connectivity index (χ1n) is 6.88. The van der Waals surface area contributed by atoms with Crippen LogP contribution in [-0.2, 0) is 16.6 Å². The molecule has 0 unspecified atom stereocenters. The van der Waals surface area contributed by atoms with E-state index in [-0.39, 0.29) is 4.90 Å². The molecule has 5 nitrogen and oxygen atoms in total. The van der Waals surface area contributed by atoms with Crippen molar-refractivity contribution < 1.29 is 8.42 Å². The van der Waals surface area contributed by atoms with E-state index in [0.29, 0.717) is 17.3 Å².